The average molecular weight is 313 g/mol. The highest BCUT2D eigenvalue weighted by atomic mass is 35.5. The van der Waals surface area contributed by atoms with E-state index in [1.807, 2.05) is 24.0 Å². The first-order valence-electron chi connectivity index (χ1n) is 7.22. The summed E-state index contributed by atoms with van der Waals surface area (Å²) in [5.41, 5.74) is 0.845. The van der Waals surface area contributed by atoms with Crippen LogP contribution in [0.5, 0.6) is 5.75 Å². The molecular weight excluding hydrogens is 292 g/mol. The normalized spacial score (nSPS) is 15.1. The van der Waals surface area contributed by atoms with E-state index in [2.05, 4.69) is 5.32 Å². The third-order valence-corrected chi connectivity index (χ3v) is 3.72. The van der Waals surface area contributed by atoms with Crippen LogP contribution in [0, 0.1) is 0 Å². The quantitative estimate of drug-likeness (QED) is 0.841. The van der Waals surface area contributed by atoms with E-state index in [1.165, 1.54) is 0 Å². The van der Waals surface area contributed by atoms with Gasteiger partial charge in [0.15, 0.2) is 0 Å². The molecule has 21 heavy (non-hydrogen) atoms. The Labute approximate surface area is 129 Å². The Balaban J connectivity index is 1.89. The second kappa shape index (κ2) is 7.52. The Kier molecular flexibility index (Phi) is 5.70. The van der Waals surface area contributed by atoms with Crippen molar-refractivity contribution in [1.29, 1.82) is 0 Å². The van der Waals surface area contributed by atoms with Crippen molar-refractivity contribution in [3.63, 3.8) is 0 Å². The van der Waals surface area contributed by atoms with Gasteiger partial charge >= 0.3 is 0 Å². The molecule has 0 spiro atoms. The van der Waals surface area contributed by atoms with Gasteiger partial charge in [-0.25, -0.2) is 0 Å². The molecular formula is C15H21ClN2O3. The molecule has 1 atom stereocenters. The fourth-order valence-electron chi connectivity index (χ4n) is 2.22. The molecule has 6 heteroatoms. The number of anilines is 1. The van der Waals surface area contributed by atoms with Crippen molar-refractivity contribution in [2.24, 2.45) is 0 Å². The molecule has 0 saturated carbocycles. The third-order valence-electron chi connectivity index (χ3n) is 3.49. The van der Waals surface area contributed by atoms with Gasteiger partial charge in [-0.1, -0.05) is 18.5 Å². The number of aliphatic hydroxyl groups excluding tert-OH is 1. The number of hydrogen-bond donors (Lipinski definition) is 2. The lowest BCUT2D eigenvalue weighted by molar-refractivity contribution is -0.119. The van der Waals surface area contributed by atoms with Crippen molar-refractivity contribution in [3.8, 4) is 5.75 Å². The van der Waals surface area contributed by atoms with Crippen LogP contribution in [0.15, 0.2) is 18.2 Å². The summed E-state index contributed by atoms with van der Waals surface area (Å²) in [4.78, 5) is 13.9. The molecule has 0 aliphatic carbocycles. The first-order chi connectivity index (χ1) is 10.1. The van der Waals surface area contributed by atoms with E-state index in [9.17, 15) is 9.90 Å². The van der Waals surface area contributed by atoms with Crippen LogP contribution in [0.3, 0.4) is 0 Å². The van der Waals surface area contributed by atoms with Crippen molar-refractivity contribution in [2.75, 3.05) is 31.1 Å². The zero-order valence-electron chi connectivity index (χ0n) is 12.1. The van der Waals surface area contributed by atoms with Crippen molar-refractivity contribution in [3.05, 3.63) is 23.2 Å². The van der Waals surface area contributed by atoms with Crippen molar-refractivity contribution < 1.29 is 14.6 Å². The van der Waals surface area contributed by atoms with E-state index < -0.39 is 0 Å². The molecule has 5 nitrogen and oxygen atoms in total. The van der Waals surface area contributed by atoms with Gasteiger partial charge in [-0.05, 0) is 31.0 Å². The monoisotopic (exact) mass is 312 g/mol. The SMILES string of the molecule is CCC(O)CCNC(=O)CN1CCOc2ccc(Cl)cc21. The number of aliphatic hydroxyl groups is 1. The molecule has 2 N–H and O–H groups in total. The van der Waals surface area contributed by atoms with Crippen LogP contribution in [0.2, 0.25) is 5.02 Å². The van der Waals surface area contributed by atoms with Crippen LogP contribution in [-0.2, 0) is 4.79 Å². The first kappa shape index (κ1) is 15.9. The standard InChI is InChI=1S/C15H21ClN2O3/c1-2-12(19)5-6-17-15(20)10-18-7-8-21-14-4-3-11(16)9-13(14)18/h3-4,9,12,19H,2,5-8,10H2,1H3,(H,17,20). The van der Waals surface area contributed by atoms with Crippen molar-refractivity contribution in [1.82, 2.24) is 5.32 Å². The molecule has 1 aromatic carbocycles. The molecule has 1 amide bonds. The van der Waals surface area contributed by atoms with Crippen LogP contribution in [-0.4, -0.2) is 43.4 Å². The number of benzene rings is 1. The van der Waals surface area contributed by atoms with Gasteiger partial charge in [0.1, 0.15) is 12.4 Å². The number of ether oxygens (including phenoxy) is 1. The summed E-state index contributed by atoms with van der Waals surface area (Å²) >= 11 is 6.00. The lowest BCUT2D eigenvalue weighted by Gasteiger charge is -2.30. The van der Waals surface area contributed by atoms with E-state index in [0.717, 1.165) is 11.4 Å². The Morgan fingerprint density at radius 2 is 2.38 bits per heavy atom. The predicted octanol–water partition coefficient (Wildman–Crippen LogP) is 1.82. The molecule has 0 saturated heterocycles. The van der Waals surface area contributed by atoms with Gasteiger partial charge in [0.2, 0.25) is 5.91 Å². The number of nitrogens with one attached hydrogen (secondary N) is 1. The number of hydrogen-bond acceptors (Lipinski definition) is 4. The van der Waals surface area contributed by atoms with Crippen LogP contribution >= 0.6 is 11.6 Å². The summed E-state index contributed by atoms with van der Waals surface area (Å²) in [6.07, 6.45) is 0.923. The Morgan fingerprint density at radius 3 is 3.14 bits per heavy atom. The largest absolute Gasteiger partial charge is 0.490 e. The molecule has 1 aromatic rings. The number of fused-ring (bicyclic) bond motifs is 1. The van der Waals surface area contributed by atoms with Crippen LogP contribution < -0.4 is 15.0 Å². The highest BCUT2D eigenvalue weighted by Gasteiger charge is 2.20. The van der Waals surface area contributed by atoms with Gasteiger partial charge in [0, 0.05) is 11.6 Å². The minimum absolute atomic E-state index is 0.0638. The van der Waals surface area contributed by atoms with Crippen LogP contribution in [0.4, 0.5) is 5.69 Å². The third kappa shape index (κ3) is 4.51. The van der Waals surface area contributed by atoms with Gasteiger partial charge in [0.25, 0.3) is 0 Å². The molecule has 0 fully saturated rings. The number of rotatable bonds is 6. The second-order valence-corrected chi connectivity index (χ2v) is 5.52. The van der Waals surface area contributed by atoms with Gasteiger partial charge in [-0.2, -0.15) is 0 Å². The van der Waals surface area contributed by atoms with E-state index in [-0.39, 0.29) is 18.6 Å². The smallest absolute Gasteiger partial charge is 0.239 e. The molecule has 1 aliphatic heterocycles. The zero-order valence-corrected chi connectivity index (χ0v) is 12.9. The summed E-state index contributed by atoms with van der Waals surface area (Å²) in [5.74, 6) is 0.686. The van der Waals surface area contributed by atoms with Gasteiger partial charge in [0.05, 0.1) is 24.9 Å². The first-order valence-corrected chi connectivity index (χ1v) is 7.60. The summed E-state index contributed by atoms with van der Waals surface area (Å²) in [7, 11) is 0. The average Bonchev–Trinajstić information content (AvgIpc) is 2.47. The predicted molar refractivity (Wildman–Crippen MR) is 83.1 cm³/mol. The summed E-state index contributed by atoms with van der Waals surface area (Å²) in [6, 6.07) is 5.40. The highest BCUT2D eigenvalue weighted by Crippen LogP contribution is 2.33. The van der Waals surface area contributed by atoms with Gasteiger partial charge in [-0.3, -0.25) is 4.79 Å². The highest BCUT2D eigenvalue weighted by molar-refractivity contribution is 6.31. The van der Waals surface area contributed by atoms with E-state index in [0.29, 0.717) is 37.6 Å². The molecule has 1 heterocycles. The fourth-order valence-corrected chi connectivity index (χ4v) is 2.39. The number of carbonyl (C=O) groups excluding carboxylic acids is 1. The van der Waals surface area contributed by atoms with Crippen LogP contribution in [0.25, 0.3) is 0 Å². The Hall–Kier alpha value is -1.46. The fraction of sp³-hybridized carbons (Fsp3) is 0.533. The lowest BCUT2D eigenvalue weighted by atomic mass is 10.2. The van der Waals surface area contributed by atoms with Gasteiger partial charge < -0.3 is 20.1 Å². The number of carbonyl (C=O) groups is 1. The van der Waals surface area contributed by atoms with E-state index >= 15 is 0 Å². The number of amides is 1. The molecule has 0 aromatic heterocycles. The molecule has 1 aliphatic rings. The summed E-state index contributed by atoms with van der Waals surface area (Å²) in [6.45, 7) is 3.87. The maximum absolute atomic E-state index is 12.0. The van der Waals surface area contributed by atoms with Crippen molar-refractivity contribution in [2.45, 2.75) is 25.9 Å². The maximum atomic E-state index is 12.0. The minimum atomic E-state index is -0.354. The molecule has 0 radical (unpaired) electrons. The molecule has 2 rings (SSSR count). The Morgan fingerprint density at radius 1 is 1.57 bits per heavy atom. The summed E-state index contributed by atoms with van der Waals surface area (Å²) < 4.78 is 5.55. The molecule has 1 unspecified atom stereocenters. The summed E-state index contributed by atoms with van der Waals surface area (Å²) in [5, 5.41) is 12.9. The second-order valence-electron chi connectivity index (χ2n) is 5.08. The topological polar surface area (TPSA) is 61.8 Å². The number of halogens is 1. The minimum Gasteiger partial charge on any atom is -0.490 e. The van der Waals surface area contributed by atoms with Crippen LogP contribution in [0.1, 0.15) is 19.8 Å². The lowest BCUT2D eigenvalue weighted by Crippen LogP contribution is -2.41. The number of nitrogens with zero attached hydrogens (tertiary/aromatic N) is 1. The van der Waals surface area contributed by atoms with Gasteiger partial charge in [-0.15, -0.1) is 0 Å². The zero-order chi connectivity index (χ0) is 15.2. The van der Waals surface area contributed by atoms with E-state index in [4.69, 9.17) is 16.3 Å². The Bertz CT molecular complexity index is 496. The van der Waals surface area contributed by atoms with Crippen molar-refractivity contribution >= 4 is 23.2 Å². The molecule has 0 bridgehead atoms. The van der Waals surface area contributed by atoms with E-state index in [1.54, 1.807) is 6.07 Å². The maximum Gasteiger partial charge on any atom is 0.239 e. The molecule has 116 valence electrons.